The smallest absolute Gasteiger partial charge is 0.397 e. The summed E-state index contributed by atoms with van der Waals surface area (Å²) in [6.45, 7) is 0. The maximum absolute atomic E-state index is 12.4. The molecule has 0 atom stereocenters. The standard InChI is InChI=1S/C13H11F3N4O/c14-13(15,16)11-4-2-8(6-19-11)20-10-3-1-7(12(18)21)5-9(10)17/h1-6,20H,17H2,(H2,18,21). The quantitative estimate of drug-likeness (QED) is 0.759. The minimum absolute atomic E-state index is 0.239. The summed E-state index contributed by atoms with van der Waals surface area (Å²) < 4.78 is 37.2. The summed E-state index contributed by atoms with van der Waals surface area (Å²) in [5.41, 5.74) is 11.1. The number of hydrogen-bond acceptors (Lipinski definition) is 4. The van der Waals surface area contributed by atoms with Crippen LogP contribution < -0.4 is 16.8 Å². The first-order chi connectivity index (χ1) is 9.77. The summed E-state index contributed by atoms with van der Waals surface area (Å²) in [4.78, 5) is 14.3. The van der Waals surface area contributed by atoms with E-state index in [2.05, 4.69) is 10.3 Å². The Bertz CT molecular complexity index is 668. The van der Waals surface area contributed by atoms with E-state index in [-0.39, 0.29) is 11.3 Å². The molecular formula is C13H11F3N4O. The molecule has 0 aliphatic carbocycles. The van der Waals surface area contributed by atoms with Gasteiger partial charge in [0, 0.05) is 5.56 Å². The largest absolute Gasteiger partial charge is 0.433 e. The van der Waals surface area contributed by atoms with Gasteiger partial charge in [0.15, 0.2) is 0 Å². The van der Waals surface area contributed by atoms with E-state index in [1.165, 1.54) is 24.3 Å². The number of primary amides is 1. The molecule has 0 saturated carbocycles. The van der Waals surface area contributed by atoms with E-state index in [0.717, 1.165) is 12.3 Å². The Balaban J connectivity index is 2.20. The van der Waals surface area contributed by atoms with Crippen LogP contribution in [0.2, 0.25) is 0 Å². The topological polar surface area (TPSA) is 94.0 Å². The molecule has 0 unspecified atom stereocenters. The lowest BCUT2D eigenvalue weighted by Crippen LogP contribution is -2.11. The van der Waals surface area contributed by atoms with Crippen molar-refractivity contribution in [3.8, 4) is 0 Å². The Morgan fingerprint density at radius 1 is 1.19 bits per heavy atom. The molecule has 0 aliphatic rings. The second-order valence-corrected chi connectivity index (χ2v) is 4.22. The van der Waals surface area contributed by atoms with Crippen molar-refractivity contribution in [1.29, 1.82) is 0 Å². The van der Waals surface area contributed by atoms with Gasteiger partial charge in [0.05, 0.1) is 23.3 Å². The zero-order chi connectivity index (χ0) is 15.6. The molecule has 1 aromatic heterocycles. The number of hydrogen-bond donors (Lipinski definition) is 3. The number of rotatable bonds is 3. The number of carbonyl (C=O) groups excluding carboxylic acids is 1. The van der Waals surface area contributed by atoms with Crippen molar-refractivity contribution in [3.05, 3.63) is 47.8 Å². The molecule has 1 aromatic carbocycles. The highest BCUT2D eigenvalue weighted by Gasteiger charge is 2.32. The molecule has 2 rings (SSSR count). The summed E-state index contributed by atoms with van der Waals surface area (Å²) in [5.74, 6) is -0.621. The second kappa shape index (κ2) is 5.31. The molecule has 0 saturated heterocycles. The number of aromatic nitrogens is 1. The van der Waals surface area contributed by atoms with Crippen LogP contribution in [0.4, 0.5) is 30.2 Å². The fourth-order valence-corrected chi connectivity index (χ4v) is 1.62. The van der Waals surface area contributed by atoms with E-state index in [9.17, 15) is 18.0 Å². The molecule has 5 nitrogen and oxygen atoms in total. The molecule has 5 N–H and O–H groups in total. The zero-order valence-corrected chi connectivity index (χ0v) is 10.6. The lowest BCUT2D eigenvalue weighted by atomic mass is 10.1. The SMILES string of the molecule is NC(=O)c1ccc(Nc2ccc(C(F)(F)F)nc2)c(N)c1. The van der Waals surface area contributed by atoms with Crippen molar-refractivity contribution in [3.63, 3.8) is 0 Å². The number of anilines is 3. The van der Waals surface area contributed by atoms with Gasteiger partial charge in [-0.05, 0) is 30.3 Å². The van der Waals surface area contributed by atoms with Crippen LogP contribution >= 0.6 is 0 Å². The number of amides is 1. The summed E-state index contributed by atoms with van der Waals surface area (Å²) in [6, 6.07) is 6.43. The lowest BCUT2D eigenvalue weighted by Gasteiger charge is -2.11. The molecular weight excluding hydrogens is 285 g/mol. The number of nitrogens with two attached hydrogens (primary N) is 2. The van der Waals surface area contributed by atoms with Crippen molar-refractivity contribution in [1.82, 2.24) is 4.98 Å². The summed E-state index contributed by atoms with van der Waals surface area (Å²) in [7, 11) is 0. The molecule has 1 heterocycles. The Morgan fingerprint density at radius 2 is 1.90 bits per heavy atom. The Hall–Kier alpha value is -2.77. The average Bonchev–Trinajstić information content (AvgIpc) is 2.40. The van der Waals surface area contributed by atoms with Crippen LogP contribution in [0.3, 0.4) is 0 Å². The third-order valence-corrected chi connectivity index (χ3v) is 2.67. The number of nitrogens with zero attached hydrogens (tertiary/aromatic N) is 1. The molecule has 0 aliphatic heterocycles. The second-order valence-electron chi connectivity index (χ2n) is 4.22. The molecule has 0 fully saturated rings. The predicted molar refractivity (Wildman–Crippen MR) is 71.9 cm³/mol. The van der Waals surface area contributed by atoms with E-state index >= 15 is 0 Å². The molecule has 0 bridgehead atoms. The van der Waals surface area contributed by atoms with Gasteiger partial charge in [0.25, 0.3) is 0 Å². The van der Waals surface area contributed by atoms with Crippen LogP contribution in [0, 0.1) is 0 Å². The van der Waals surface area contributed by atoms with Crippen molar-refractivity contribution in [2.24, 2.45) is 5.73 Å². The van der Waals surface area contributed by atoms with Crippen LogP contribution in [-0.4, -0.2) is 10.9 Å². The summed E-state index contributed by atoms with van der Waals surface area (Å²) >= 11 is 0. The fraction of sp³-hybridized carbons (Fsp3) is 0.0769. The Morgan fingerprint density at radius 3 is 2.38 bits per heavy atom. The first kappa shape index (κ1) is 14.6. The zero-order valence-electron chi connectivity index (χ0n) is 10.6. The number of pyridine rings is 1. The van der Waals surface area contributed by atoms with Gasteiger partial charge in [-0.1, -0.05) is 0 Å². The minimum atomic E-state index is -4.49. The van der Waals surface area contributed by atoms with Crippen molar-refractivity contribution < 1.29 is 18.0 Å². The third kappa shape index (κ3) is 3.41. The maximum atomic E-state index is 12.4. The number of alkyl halides is 3. The highest BCUT2D eigenvalue weighted by molar-refractivity contribution is 5.95. The first-order valence-corrected chi connectivity index (χ1v) is 5.77. The van der Waals surface area contributed by atoms with Gasteiger partial charge in [0.2, 0.25) is 5.91 Å². The Labute approximate surface area is 117 Å². The summed E-state index contributed by atoms with van der Waals surface area (Å²) in [6.07, 6.45) is -3.44. The van der Waals surface area contributed by atoms with Crippen LogP contribution in [0.25, 0.3) is 0 Å². The number of benzene rings is 1. The van der Waals surface area contributed by atoms with Gasteiger partial charge in [-0.25, -0.2) is 4.98 Å². The average molecular weight is 296 g/mol. The number of carbonyl (C=O) groups is 1. The normalized spacial score (nSPS) is 11.2. The molecule has 8 heteroatoms. The number of halogens is 3. The van der Waals surface area contributed by atoms with Crippen LogP contribution in [0.5, 0.6) is 0 Å². The highest BCUT2D eigenvalue weighted by atomic mass is 19.4. The van der Waals surface area contributed by atoms with Gasteiger partial charge in [-0.2, -0.15) is 13.2 Å². The molecule has 1 amide bonds. The third-order valence-electron chi connectivity index (χ3n) is 2.67. The van der Waals surface area contributed by atoms with E-state index in [1.807, 2.05) is 0 Å². The number of nitrogen functional groups attached to an aromatic ring is 1. The number of nitrogens with one attached hydrogen (secondary N) is 1. The van der Waals surface area contributed by atoms with Crippen LogP contribution in [0.1, 0.15) is 16.1 Å². The molecule has 110 valence electrons. The van der Waals surface area contributed by atoms with Crippen LogP contribution in [0.15, 0.2) is 36.5 Å². The first-order valence-electron chi connectivity index (χ1n) is 5.77. The van der Waals surface area contributed by atoms with Gasteiger partial charge in [-0.3, -0.25) is 4.79 Å². The predicted octanol–water partition coefficient (Wildman–Crippen LogP) is 2.53. The van der Waals surface area contributed by atoms with Gasteiger partial charge in [0.1, 0.15) is 5.69 Å². The maximum Gasteiger partial charge on any atom is 0.433 e. The van der Waals surface area contributed by atoms with E-state index in [0.29, 0.717) is 11.4 Å². The Kier molecular flexibility index (Phi) is 3.70. The fourth-order valence-electron chi connectivity index (χ4n) is 1.62. The molecule has 21 heavy (non-hydrogen) atoms. The van der Waals surface area contributed by atoms with Crippen molar-refractivity contribution >= 4 is 23.0 Å². The van der Waals surface area contributed by atoms with Crippen molar-refractivity contribution in [2.45, 2.75) is 6.18 Å². The molecule has 2 aromatic rings. The highest BCUT2D eigenvalue weighted by Crippen LogP contribution is 2.29. The van der Waals surface area contributed by atoms with E-state index in [4.69, 9.17) is 11.5 Å². The van der Waals surface area contributed by atoms with Crippen molar-refractivity contribution in [2.75, 3.05) is 11.1 Å². The molecule has 0 radical (unpaired) electrons. The van der Waals surface area contributed by atoms with Gasteiger partial charge < -0.3 is 16.8 Å². The lowest BCUT2D eigenvalue weighted by molar-refractivity contribution is -0.141. The molecule has 0 spiro atoms. The monoisotopic (exact) mass is 296 g/mol. The van der Waals surface area contributed by atoms with Gasteiger partial charge in [-0.15, -0.1) is 0 Å². The van der Waals surface area contributed by atoms with Gasteiger partial charge >= 0.3 is 6.18 Å². The van der Waals surface area contributed by atoms with E-state index < -0.39 is 17.8 Å². The van der Waals surface area contributed by atoms with Crippen LogP contribution in [-0.2, 0) is 6.18 Å². The minimum Gasteiger partial charge on any atom is -0.397 e. The van der Waals surface area contributed by atoms with E-state index in [1.54, 1.807) is 0 Å². The summed E-state index contributed by atoms with van der Waals surface area (Å²) in [5, 5.41) is 2.81.